The van der Waals surface area contributed by atoms with E-state index in [4.69, 9.17) is 10.5 Å². The molecule has 2 aromatic carbocycles. The Morgan fingerprint density at radius 3 is 2.65 bits per heavy atom. The summed E-state index contributed by atoms with van der Waals surface area (Å²) in [5.74, 6) is 0. The molecule has 1 heterocycles. The van der Waals surface area contributed by atoms with Crippen LogP contribution < -0.4 is 10.5 Å². The van der Waals surface area contributed by atoms with E-state index in [-0.39, 0.29) is 0 Å². The van der Waals surface area contributed by atoms with Gasteiger partial charge in [-0.2, -0.15) is 0 Å². The molecule has 1 fully saturated rings. The molecule has 0 unspecified atom stereocenters. The number of nitrogens with one attached hydrogen (secondary N) is 1. The van der Waals surface area contributed by atoms with Crippen LogP contribution in [0.1, 0.15) is 0 Å². The van der Waals surface area contributed by atoms with Crippen LogP contribution in [0.2, 0.25) is 0 Å². The lowest BCUT2D eigenvalue weighted by molar-refractivity contribution is 0.00600. The van der Waals surface area contributed by atoms with E-state index in [0.717, 1.165) is 24.3 Å². The average Bonchev–Trinajstić information content (AvgIpc) is 2.28. The van der Waals surface area contributed by atoms with E-state index in [1.165, 1.54) is 10.3 Å². The van der Waals surface area contributed by atoms with Gasteiger partial charge in [-0.3, -0.25) is 4.72 Å². The molecular formula is C13H14N2OS. The Hall–Kier alpha value is -1.23. The van der Waals surface area contributed by atoms with Gasteiger partial charge in [-0.25, -0.2) is 0 Å². The number of anilines is 1. The number of hydrogen-bond acceptors (Lipinski definition) is 4. The lowest BCUT2D eigenvalue weighted by Gasteiger charge is -2.26. The monoisotopic (exact) mass is 246 g/mol. The smallest absolute Gasteiger partial charge is 0.0651 e. The fourth-order valence-electron chi connectivity index (χ4n) is 1.85. The largest absolute Gasteiger partial charge is 0.398 e. The van der Waals surface area contributed by atoms with Crippen molar-refractivity contribution in [3.8, 4) is 0 Å². The second kappa shape index (κ2) is 4.56. The van der Waals surface area contributed by atoms with Crippen molar-refractivity contribution in [1.29, 1.82) is 0 Å². The van der Waals surface area contributed by atoms with Crippen LogP contribution in [0.25, 0.3) is 10.8 Å². The van der Waals surface area contributed by atoms with E-state index in [2.05, 4.69) is 22.9 Å². The van der Waals surface area contributed by atoms with E-state index in [9.17, 15) is 0 Å². The summed E-state index contributed by atoms with van der Waals surface area (Å²) in [5, 5.41) is 2.31. The topological polar surface area (TPSA) is 47.3 Å². The highest BCUT2D eigenvalue weighted by Crippen LogP contribution is 2.29. The molecule has 17 heavy (non-hydrogen) atoms. The molecule has 0 saturated carbocycles. The van der Waals surface area contributed by atoms with Crippen LogP contribution >= 0.6 is 11.9 Å². The molecule has 0 radical (unpaired) electrons. The molecule has 3 nitrogen and oxygen atoms in total. The fourth-order valence-corrected chi connectivity index (χ4v) is 2.71. The average molecular weight is 246 g/mol. The normalized spacial score (nSPS) is 16.0. The van der Waals surface area contributed by atoms with Crippen molar-refractivity contribution in [2.45, 2.75) is 10.9 Å². The van der Waals surface area contributed by atoms with Crippen molar-refractivity contribution >= 4 is 28.4 Å². The lowest BCUT2D eigenvalue weighted by Crippen LogP contribution is -2.42. The summed E-state index contributed by atoms with van der Waals surface area (Å²) in [6.07, 6.45) is 0. The number of hydrogen-bond donors (Lipinski definition) is 2. The van der Waals surface area contributed by atoms with E-state index >= 15 is 0 Å². The third-order valence-corrected chi connectivity index (χ3v) is 3.92. The van der Waals surface area contributed by atoms with Crippen LogP contribution in [0.15, 0.2) is 41.3 Å². The Morgan fingerprint density at radius 1 is 1.12 bits per heavy atom. The van der Waals surface area contributed by atoms with Gasteiger partial charge in [0, 0.05) is 16.0 Å². The van der Waals surface area contributed by atoms with E-state index in [0.29, 0.717) is 6.04 Å². The second-order valence-corrected chi connectivity index (χ2v) is 5.03. The summed E-state index contributed by atoms with van der Waals surface area (Å²) >= 11 is 1.66. The summed E-state index contributed by atoms with van der Waals surface area (Å²) < 4.78 is 8.53. The molecule has 3 rings (SSSR count). The van der Waals surface area contributed by atoms with Gasteiger partial charge in [0.15, 0.2) is 0 Å². The number of nitrogen functional groups attached to an aromatic ring is 1. The minimum atomic E-state index is 0.469. The molecule has 0 spiro atoms. The standard InChI is InChI=1S/C13H14N2OS/c14-12-5-1-4-11-10(12)3-2-6-13(11)17-15-9-7-16-8-9/h1-6,9,15H,7-8,14H2. The van der Waals surface area contributed by atoms with Gasteiger partial charge in [0.05, 0.1) is 19.3 Å². The van der Waals surface area contributed by atoms with Crippen LogP contribution in [-0.4, -0.2) is 19.3 Å². The quantitative estimate of drug-likeness (QED) is 0.645. The molecule has 0 aromatic heterocycles. The van der Waals surface area contributed by atoms with E-state index in [1.807, 2.05) is 18.2 Å². The van der Waals surface area contributed by atoms with Crippen molar-refractivity contribution < 1.29 is 4.74 Å². The highest BCUT2D eigenvalue weighted by atomic mass is 32.2. The van der Waals surface area contributed by atoms with Crippen molar-refractivity contribution in [2.75, 3.05) is 18.9 Å². The molecule has 88 valence electrons. The first-order chi connectivity index (χ1) is 8.34. The predicted octanol–water partition coefficient (Wildman–Crippen LogP) is 2.42. The van der Waals surface area contributed by atoms with Crippen molar-refractivity contribution in [1.82, 2.24) is 4.72 Å². The number of ether oxygens (including phenoxy) is 1. The Labute approximate surface area is 104 Å². The molecule has 0 aliphatic carbocycles. The van der Waals surface area contributed by atoms with Crippen LogP contribution in [0.5, 0.6) is 0 Å². The first-order valence-electron chi connectivity index (χ1n) is 5.62. The maximum atomic E-state index is 5.97. The highest BCUT2D eigenvalue weighted by Gasteiger charge is 2.18. The van der Waals surface area contributed by atoms with Gasteiger partial charge in [0.25, 0.3) is 0 Å². The number of benzene rings is 2. The van der Waals surface area contributed by atoms with Gasteiger partial charge in [0.2, 0.25) is 0 Å². The predicted molar refractivity (Wildman–Crippen MR) is 72.0 cm³/mol. The van der Waals surface area contributed by atoms with Crippen molar-refractivity contribution in [2.24, 2.45) is 0 Å². The Balaban J connectivity index is 1.90. The van der Waals surface area contributed by atoms with Crippen LogP contribution in [0.3, 0.4) is 0 Å². The molecule has 1 aliphatic heterocycles. The zero-order chi connectivity index (χ0) is 11.7. The Morgan fingerprint density at radius 2 is 1.88 bits per heavy atom. The molecule has 0 amide bonds. The zero-order valence-corrected chi connectivity index (χ0v) is 10.2. The second-order valence-electron chi connectivity index (χ2n) is 4.15. The molecule has 1 aliphatic rings. The highest BCUT2D eigenvalue weighted by molar-refractivity contribution is 7.97. The minimum absolute atomic E-state index is 0.469. The first kappa shape index (κ1) is 10.9. The molecule has 0 atom stereocenters. The fraction of sp³-hybridized carbons (Fsp3) is 0.231. The van der Waals surface area contributed by atoms with Gasteiger partial charge in [-0.1, -0.05) is 24.3 Å². The molecular weight excluding hydrogens is 232 g/mol. The van der Waals surface area contributed by atoms with Crippen LogP contribution in [-0.2, 0) is 4.74 Å². The molecule has 1 saturated heterocycles. The van der Waals surface area contributed by atoms with Crippen molar-refractivity contribution in [3.05, 3.63) is 36.4 Å². The third kappa shape index (κ3) is 2.11. The molecule has 0 bridgehead atoms. The maximum absolute atomic E-state index is 5.97. The van der Waals surface area contributed by atoms with Gasteiger partial charge in [-0.05, 0) is 29.5 Å². The first-order valence-corrected chi connectivity index (χ1v) is 6.43. The summed E-state index contributed by atoms with van der Waals surface area (Å²) in [5.41, 5.74) is 6.80. The molecule has 3 N–H and O–H groups in total. The third-order valence-electron chi connectivity index (χ3n) is 2.89. The summed E-state index contributed by atoms with van der Waals surface area (Å²) in [7, 11) is 0. The molecule has 2 aromatic rings. The van der Waals surface area contributed by atoms with Crippen LogP contribution in [0.4, 0.5) is 5.69 Å². The van der Waals surface area contributed by atoms with Gasteiger partial charge in [-0.15, -0.1) is 0 Å². The zero-order valence-electron chi connectivity index (χ0n) is 9.35. The lowest BCUT2D eigenvalue weighted by atomic mass is 10.1. The summed E-state index contributed by atoms with van der Waals surface area (Å²) in [6.45, 7) is 1.61. The SMILES string of the molecule is Nc1cccc2c(SNC3COC3)cccc12. The number of nitrogens with two attached hydrogens (primary N) is 1. The summed E-state index contributed by atoms with van der Waals surface area (Å²) in [4.78, 5) is 1.21. The minimum Gasteiger partial charge on any atom is -0.398 e. The number of fused-ring (bicyclic) bond motifs is 1. The van der Waals surface area contributed by atoms with E-state index in [1.54, 1.807) is 11.9 Å². The summed E-state index contributed by atoms with van der Waals surface area (Å²) in [6, 6.07) is 12.7. The number of rotatable bonds is 3. The Kier molecular flexibility index (Phi) is 2.93. The van der Waals surface area contributed by atoms with Crippen molar-refractivity contribution in [3.63, 3.8) is 0 Å². The van der Waals surface area contributed by atoms with E-state index < -0.39 is 0 Å². The molecule has 4 heteroatoms. The van der Waals surface area contributed by atoms with Gasteiger partial charge >= 0.3 is 0 Å². The van der Waals surface area contributed by atoms with Gasteiger partial charge in [0.1, 0.15) is 0 Å². The van der Waals surface area contributed by atoms with Crippen LogP contribution in [0, 0.1) is 0 Å². The van der Waals surface area contributed by atoms with Gasteiger partial charge < -0.3 is 10.5 Å². The maximum Gasteiger partial charge on any atom is 0.0651 e. The Bertz CT molecular complexity index is 540.